The highest BCUT2D eigenvalue weighted by molar-refractivity contribution is 5.81. The van der Waals surface area contributed by atoms with E-state index in [2.05, 4.69) is 5.16 Å². The second-order valence-electron chi connectivity index (χ2n) is 2.87. The van der Waals surface area contributed by atoms with Crippen molar-refractivity contribution in [2.24, 2.45) is 0 Å². The highest BCUT2D eigenvalue weighted by Gasteiger charge is 2.13. The van der Waals surface area contributed by atoms with Gasteiger partial charge in [-0.25, -0.2) is 0 Å². The molecule has 1 aromatic carbocycles. The molecule has 66 valence electrons. The van der Waals surface area contributed by atoms with Crippen molar-refractivity contribution in [3.8, 4) is 11.5 Å². The van der Waals surface area contributed by atoms with Crippen LogP contribution < -0.4 is 9.47 Å². The largest absolute Gasteiger partial charge is 0.486 e. The van der Waals surface area contributed by atoms with Crippen LogP contribution >= 0.6 is 0 Å². The summed E-state index contributed by atoms with van der Waals surface area (Å²) in [5, 5.41) is 4.75. The molecule has 0 spiro atoms. The van der Waals surface area contributed by atoms with Crippen molar-refractivity contribution in [2.75, 3.05) is 13.2 Å². The molecule has 4 heteroatoms. The van der Waals surface area contributed by atoms with Gasteiger partial charge < -0.3 is 14.0 Å². The van der Waals surface area contributed by atoms with Gasteiger partial charge in [0, 0.05) is 11.5 Å². The molecule has 2 heterocycles. The van der Waals surface area contributed by atoms with E-state index in [9.17, 15) is 0 Å². The topological polar surface area (TPSA) is 44.5 Å². The molecule has 1 aromatic heterocycles. The molecule has 13 heavy (non-hydrogen) atoms. The summed E-state index contributed by atoms with van der Waals surface area (Å²) in [6, 6.07) is 3.70. The van der Waals surface area contributed by atoms with Gasteiger partial charge in [-0.05, 0) is 6.07 Å². The molecule has 0 N–H and O–H groups in total. The average molecular weight is 177 g/mol. The number of benzene rings is 1. The van der Waals surface area contributed by atoms with Gasteiger partial charge in [-0.15, -0.1) is 0 Å². The number of aromatic nitrogens is 1. The first-order valence-electron chi connectivity index (χ1n) is 4.07. The van der Waals surface area contributed by atoms with Crippen LogP contribution in [-0.4, -0.2) is 18.4 Å². The van der Waals surface area contributed by atoms with Crippen LogP contribution in [0.5, 0.6) is 11.5 Å². The zero-order valence-corrected chi connectivity index (χ0v) is 6.82. The van der Waals surface area contributed by atoms with Gasteiger partial charge in [0.2, 0.25) is 0 Å². The Kier molecular flexibility index (Phi) is 1.24. The molecule has 4 nitrogen and oxygen atoms in total. The van der Waals surface area contributed by atoms with Gasteiger partial charge in [0.05, 0.1) is 0 Å². The van der Waals surface area contributed by atoms with Crippen LogP contribution in [0.3, 0.4) is 0 Å². The first kappa shape index (κ1) is 6.77. The molecule has 1 aliphatic heterocycles. The summed E-state index contributed by atoms with van der Waals surface area (Å²) in [6.07, 6.45) is 1.59. The van der Waals surface area contributed by atoms with Crippen molar-refractivity contribution in [3.05, 3.63) is 18.4 Å². The molecule has 3 rings (SSSR count). The first-order valence-corrected chi connectivity index (χ1v) is 4.07. The molecule has 0 bridgehead atoms. The number of hydrogen-bond acceptors (Lipinski definition) is 4. The standard InChI is InChI=1S/C9H7NO3/c1-2-12-9-4-7-6(5-13-10-7)3-8(9)11-1/h3-5H,1-2H2. The smallest absolute Gasteiger partial charge is 0.163 e. The van der Waals surface area contributed by atoms with E-state index in [4.69, 9.17) is 14.0 Å². The molecule has 0 atom stereocenters. The SMILES string of the molecule is c1onc2cc3c(cc12)OCCO3. The van der Waals surface area contributed by atoms with E-state index in [1.54, 1.807) is 6.26 Å². The minimum absolute atomic E-state index is 0.594. The van der Waals surface area contributed by atoms with Crippen molar-refractivity contribution in [3.63, 3.8) is 0 Å². The molecule has 0 fully saturated rings. The van der Waals surface area contributed by atoms with Crippen LogP contribution in [0, 0.1) is 0 Å². The Morgan fingerprint density at radius 1 is 1.08 bits per heavy atom. The van der Waals surface area contributed by atoms with Crippen LogP contribution in [0.4, 0.5) is 0 Å². The molecule has 0 radical (unpaired) electrons. The van der Waals surface area contributed by atoms with Crippen molar-refractivity contribution < 1.29 is 14.0 Å². The van der Waals surface area contributed by atoms with Gasteiger partial charge in [0.15, 0.2) is 11.5 Å². The highest BCUT2D eigenvalue weighted by Crippen LogP contribution is 2.33. The fourth-order valence-corrected chi connectivity index (χ4v) is 1.41. The van der Waals surface area contributed by atoms with Gasteiger partial charge in [0.25, 0.3) is 0 Å². The molecular weight excluding hydrogens is 170 g/mol. The maximum absolute atomic E-state index is 5.41. The van der Waals surface area contributed by atoms with Gasteiger partial charge in [0.1, 0.15) is 25.0 Å². The van der Waals surface area contributed by atoms with E-state index < -0.39 is 0 Å². The fourth-order valence-electron chi connectivity index (χ4n) is 1.41. The number of fused-ring (bicyclic) bond motifs is 2. The lowest BCUT2D eigenvalue weighted by atomic mass is 10.2. The molecule has 0 aliphatic carbocycles. The van der Waals surface area contributed by atoms with Crippen molar-refractivity contribution in [1.82, 2.24) is 5.16 Å². The van der Waals surface area contributed by atoms with E-state index in [-0.39, 0.29) is 0 Å². The Balaban J connectivity index is 2.28. The Labute approximate surface area is 74.0 Å². The molecular formula is C9H7NO3. The maximum atomic E-state index is 5.41. The minimum Gasteiger partial charge on any atom is -0.486 e. The van der Waals surface area contributed by atoms with E-state index in [1.165, 1.54) is 0 Å². The Bertz CT molecular complexity index is 409. The van der Waals surface area contributed by atoms with Crippen LogP contribution in [-0.2, 0) is 0 Å². The zero-order chi connectivity index (χ0) is 8.67. The monoisotopic (exact) mass is 177 g/mol. The lowest BCUT2D eigenvalue weighted by Gasteiger charge is -2.17. The van der Waals surface area contributed by atoms with E-state index in [0.29, 0.717) is 13.2 Å². The Morgan fingerprint density at radius 3 is 2.69 bits per heavy atom. The fraction of sp³-hybridized carbons (Fsp3) is 0.222. The summed E-state index contributed by atoms with van der Waals surface area (Å²) in [5.74, 6) is 1.51. The molecule has 0 amide bonds. The van der Waals surface area contributed by atoms with Crippen molar-refractivity contribution in [1.29, 1.82) is 0 Å². The molecule has 1 aliphatic rings. The van der Waals surface area contributed by atoms with Gasteiger partial charge in [-0.2, -0.15) is 0 Å². The number of rotatable bonds is 0. The van der Waals surface area contributed by atoms with Crippen LogP contribution in [0.25, 0.3) is 10.9 Å². The van der Waals surface area contributed by atoms with Gasteiger partial charge >= 0.3 is 0 Å². The number of nitrogens with zero attached hydrogens (tertiary/aromatic N) is 1. The Morgan fingerprint density at radius 2 is 1.85 bits per heavy atom. The van der Waals surface area contributed by atoms with E-state index >= 15 is 0 Å². The Hall–Kier alpha value is -1.71. The normalized spacial score (nSPS) is 14.8. The summed E-state index contributed by atoms with van der Waals surface area (Å²) < 4.78 is 15.6. The van der Waals surface area contributed by atoms with Gasteiger partial charge in [-0.3, -0.25) is 0 Å². The van der Waals surface area contributed by atoms with Crippen LogP contribution in [0.2, 0.25) is 0 Å². The van der Waals surface area contributed by atoms with Crippen molar-refractivity contribution in [2.45, 2.75) is 0 Å². The summed E-state index contributed by atoms with van der Waals surface area (Å²) >= 11 is 0. The molecule has 0 unspecified atom stereocenters. The summed E-state index contributed by atoms with van der Waals surface area (Å²) in [4.78, 5) is 0. The van der Waals surface area contributed by atoms with Crippen LogP contribution in [0.1, 0.15) is 0 Å². The summed E-state index contributed by atoms with van der Waals surface area (Å²) in [6.45, 7) is 1.19. The van der Waals surface area contributed by atoms with Crippen molar-refractivity contribution >= 4 is 10.9 Å². The van der Waals surface area contributed by atoms with Gasteiger partial charge in [-0.1, -0.05) is 5.16 Å². The maximum Gasteiger partial charge on any atom is 0.163 e. The highest BCUT2D eigenvalue weighted by atomic mass is 16.6. The number of ether oxygens (including phenoxy) is 2. The predicted molar refractivity (Wildman–Crippen MR) is 45.0 cm³/mol. The van der Waals surface area contributed by atoms with E-state index in [0.717, 1.165) is 22.4 Å². The third kappa shape index (κ3) is 0.950. The van der Waals surface area contributed by atoms with Crippen LogP contribution in [0.15, 0.2) is 22.9 Å². The summed E-state index contributed by atoms with van der Waals surface area (Å²) in [7, 11) is 0. The third-order valence-electron chi connectivity index (χ3n) is 2.02. The quantitative estimate of drug-likeness (QED) is 0.613. The lowest BCUT2D eigenvalue weighted by molar-refractivity contribution is 0.172. The lowest BCUT2D eigenvalue weighted by Crippen LogP contribution is -2.15. The second kappa shape index (κ2) is 2.39. The van der Waals surface area contributed by atoms with E-state index in [1.807, 2.05) is 12.1 Å². The molecule has 0 saturated carbocycles. The number of hydrogen-bond donors (Lipinski definition) is 0. The average Bonchev–Trinajstić information content (AvgIpc) is 2.61. The molecule has 2 aromatic rings. The predicted octanol–water partition coefficient (Wildman–Crippen LogP) is 1.60. The first-order chi connectivity index (χ1) is 6.43. The molecule has 0 saturated heterocycles. The minimum atomic E-state index is 0.594. The third-order valence-corrected chi connectivity index (χ3v) is 2.02. The summed E-state index contributed by atoms with van der Waals surface area (Å²) in [5.41, 5.74) is 0.796. The zero-order valence-electron chi connectivity index (χ0n) is 6.82. The second-order valence-corrected chi connectivity index (χ2v) is 2.87.